The van der Waals surface area contributed by atoms with Crippen molar-refractivity contribution in [2.45, 2.75) is 0 Å². The van der Waals surface area contributed by atoms with Crippen LogP contribution in [0.3, 0.4) is 0 Å². The van der Waals surface area contributed by atoms with Crippen LogP contribution in [0, 0.1) is 0 Å². The first kappa shape index (κ1) is 54.9. The van der Waals surface area contributed by atoms with E-state index in [9.17, 15) is 0 Å². The van der Waals surface area contributed by atoms with E-state index in [4.69, 9.17) is 0 Å². The van der Waals surface area contributed by atoms with Gasteiger partial charge in [-0.25, -0.2) is 0 Å². The van der Waals surface area contributed by atoms with Gasteiger partial charge < -0.3 is 18.3 Å². The second kappa shape index (κ2) is 22.5. The molecule has 0 amide bonds. The highest BCUT2D eigenvalue weighted by molar-refractivity contribution is 6.30. The minimum absolute atomic E-state index is 1.16. The van der Waals surface area contributed by atoms with Crippen LogP contribution in [0.1, 0.15) is 0 Å². The van der Waals surface area contributed by atoms with Crippen LogP contribution < -0.4 is 0 Å². The van der Waals surface area contributed by atoms with Crippen molar-refractivity contribution in [3.05, 3.63) is 364 Å². The van der Waals surface area contributed by atoms with Gasteiger partial charge in [0.25, 0.3) is 0 Å². The Morgan fingerprint density at radius 2 is 0.438 bits per heavy atom. The predicted octanol–water partition coefficient (Wildman–Crippen LogP) is 24.7. The van der Waals surface area contributed by atoms with E-state index in [-0.39, 0.29) is 0 Å². The number of benzene rings is 16. The van der Waals surface area contributed by atoms with Gasteiger partial charge in [0.05, 0.1) is 44.1 Å². The van der Waals surface area contributed by atoms with E-state index in [1.54, 1.807) is 0 Å². The Kier molecular flexibility index (Phi) is 12.9. The molecule has 0 unspecified atom stereocenters. The molecule has 4 heterocycles. The maximum absolute atomic E-state index is 2.44. The van der Waals surface area contributed by atoms with Gasteiger partial charge >= 0.3 is 0 Å². The number of aromatic nitrogens is 4. The number of rotatable bonds is 8. The highest BCUT2D eigenvalue weighted by Gasteiger charge is 2.23. The van der Waals surface area contributed by atoms with Crippen LogP contribution in [0.5, 0.6) is 0 Å². The Hall–Kier alpha value is -12.8. The molecule has 0 saturated heterocycles. The molecule has 20 aromatic rings. The molecule has 0 atom stereocenters. The molecule has 0 bridgehead atoms. The molecule has 0 radical (unpaired) electrons. The maximum atomic E-state index is 2.44. The maximum Gasteiger partial charge on any atom is 0.0548 e. The Balaban J connectivity index is 0.000000135. The van der Waals surface area contributed by atoms with E-state index in [0.717, 1.165) is 17.1 Å². The molecular weight excluding hydrogens is 1160 g/mol. The molecule has 0 aliphatic carbocycles. The van der Waals surface area contributed by atoms with Crippen molar-refractivity contribution in [3.8, 4) is 67.3 Å². The normalized spacial score (nSPS) is 11.8. The molecule has 0 N–H and O–H groups in total. The van der Waals surface area contributed by atoms with Crippen molar-refractivity contribution in [1.29, 1.82) is 0 Å². The summed E-state index contributed by atoms with van der Waals surface area (Å²) in [4.78, 5) is 0. The van der Waals surface area contributed by atoms with Crippen molar-refractivity contribution in [2.75, 3.05) is 0 Å². The molecule has 0 saturated carbocycles. The first-order valence-electron chi connectivity index (χ1n) is 33.1. The van der Waals surface area contributed by atoms with E-state index < -0.39 is 0 Å². The van der Waals surface area contributed by atoms with Crippen molar-refractivity contribution < 1.29 is 0 Å². The first-order valence-corrected chi connectivity index (χ1v) is 33.1. The number of nitrogens with zero attached hydrogens (tertiary/aromatic N) is 4. The lowest BCUT2D eigenvalue weighted by molar-refractivity contribution is 1.17. The monoisotopic (exact) mass is 1220 g/mol. The number of fused-ring (bicyclic) bond motifs is 16. The van der Waals surface area contributed by atoms with Crippen molar-refractivity contribution >= 4 is 109 Å². The molecule has 0 spiro atoms. The molecule has 16 aromatic carbocycles. The van der Waals surface area contributed by atoms with Crippen LogP contribution in [0.2, 0.25) is 0 Å². The fourth-order valence-corrected chi connectivity index (χ4v) is 15.5. The van der Waals surface area contributed by atoms with Gasteiger partial charge in [0, 0.05) is 65.8 Å². The number of hydrogen-bond acceptors (Lipinski definition) is 0. The summed E-state index contributed by atoms with van der Waals surface area (Å²) in [6.45, 7) is 0. The van der Waals surface area contributed by atoms with Crippen molar-refractivity contribution in [2.24, 2.45) is 0 Å². The lowest BCUT2D eigenvalue weighted by Gasteiger charge is -2.11. The first-order chi connectivity index (χ1) is 47.6. The largest absolute Gasteiger partial charge is 0.309 e. The summed E-state index contributed by atoms with van der Waals surface area (Å²) in [5, 5.41) is 15.2. The van der Waals surface area contributed by atoms with E-state index in [1.807, 2.05) is 0 Å². The van der Waals surface area contributed by atoms with E-state index in [0.29, 0.717) is 0 Å². The molecule has 4 heteroatoms. The molecule has 448 valence electrons. The van der Waals surface area contributed by atoms with Crippen molar-refractivity contribution in [3.63, 3.8) is 0 Å². The molecule has 20 rings (SSSR count). The third kappa shape index (κ3) is 8.91. The van der Waals surface area contributed by atoms with Gasteiger partial charge in [-0.1, -0.05) is 261 Å². The van der Waals surface area contributed by atoms with Crippen LogP contribution >= 0.6 is 0 Å². The lowest BCUT2D eigenvalue weighted by Crippen LogP contribution is -1.95. The van der Waals surface area contributed by atoms with Crippen molar-refractivity contribution in [1.82, 2.24) is 18.3 Å². The highest BCUT2D eigenvalue weighted by atomic mass is 15.0. The fourth-order valence-electron chi connectivity index (χ4n) is 15.5. The second-order valence-electron chi connectivity index (χ2n) is 25.1. The van der Waals surface area contributed by atoms with E-state index in [1.165, 1.54) is 159 Å². The summed E-state index contributed by atoms with van der Waals surface area (Å²) in [5.74, 6) is 0. The third-order valence-corrected chi connectivity index (χ3v) is 19.8. The topological polar surface area (TPSA) is 19.7 Å². The van der Waals surface area contributed by atoms with E-state index in [2.05, 4.69) is 382 Å². The Bertz CT molecular complexity index is 6380. The summed E-state index contributed by atoms with van der Waals surface area (Å²) >= 11 is 0. The van der Waals surface area contributed by atoms with Gasteiger partial charge in [-0.15, -0.1) is 0 Å². The molecule has 0 fully saturated rings. The summed E-state index contributed by atoms with van der Waals surface area (Å²) in [6, 6.07) is 132. The van der Waals surface area contributed by atoms with Gasteiger partial charge in [0.15, 0.2) is 0 Å². The zero-order chi connectivity index (χ0) is 63.2. The van der Waals surface area contributed by atoms with Crippen LogP contribution in [0.15, 0.2) is 364 Å². The smallest absolute Gasteiger partial charge is 0.0548 e. The summed E-state index contributed by atoms with van der Waals surface area (Å²) in [5.41, 5.74) is 24.2. The molecule has 96 heavy (non-hydrogen) atoms. The minimum Gasteiger partial charge on any atom is -0.309 e. The summed E-state index contributed by atoms with van der Waals surface area (Å²) in [6.07, 6.45) is 0. The summed E-state index contributed by atoms with van der Waals surface area (Å²) in [7, 11) is 0. The average molecular weight is 1220 g/mol. The van der Waals surface area contributed by atoms with Gasteiger partial charge in [-0.2, -0.15) is 0 Å². The lowest BCUT2D eigenvalue weighted by atomic mass is 9.98. The summed E-state index contributed by atoms with van der Waals surface area (Å²) < 4.78 is 9.71. The standard InChI is InChI=1S/2C46H30N2/c1-3-11-31(12-4-1)33-21-24-37(25-22-33)47-41-17-9-7-15-39(41)45-43(47)27-28-44-46(45)40-16-8-10-18-42(40)48(44)38-26-23-35-29-34(19-20-36(35)30-38)32-13-5-2-6-14-32;1-2-11-31(12-3-1)32-21-25-35(26-22-32)47-41-19-8-6-16-39(41)45-43(47)29-30-44-46(45)40-17-7-9-20-42(40)48(44)36-27-23-34(24-28-36)38-18-10-14-33-13-4-5-15-37(33)38/h2*1-30H. The molecular formula is C92H60N4. The molecule has 4 nitrogen and oxygen atoms in total. The predicted molar refractivity (Wildman–Crippen MR) is 407 cm³/mol. The van der Waals surface area contributed by atoms with Gasteiger partial charge in [0.1, 0.15) is 0 Å². The number of para-hydroxylation sites is 4. The SMILES string of the molecule is c1ccc(-c2ccc(-n3c4ccccc4c4c5c6ccccc6n(-c6ccc(-c7cccc8ccccc78)cc6)c5ccc43)cc2)cc1.c1ccc(-c2ccc(-n3c4ccccc4c4c5c6ccccc6n(-c6ccc7cc(-c8ccccc8)ccc7c6)c5ccc43)cc2)cc1. The highest BCUT2D eigenvalue weighted by Crippen LogP contribution is 2.45. The zero-order valence-corrected chi connectivity index (χ0v) is 52.4. The van der Waals surface area contributed by atoms with Crippen LogP contribution in [0.25, 0.3) is 176 Å². The zero-order valence-electron chi connectivity index (χ0n) is 52.4. The third-order valence-electron chi connectivity index (χ3n) is 19.8. The molecule has 4 aromatic heterocycles. The van der Waals surface area contributed by atoms with Gasteiger partial charge in [-0.05, 0) is 169 Å². The van der Waals surface area contributed by atoms with Gasteiger partial charge in [-0.3, -0.25) is 0 Å². The van der Waals surface area contributed by atoms with Crippen LogP contribution in [-0.2, 0) is 0 Å². The number of hydrogen-bond donors (Lipinski definition) is 0. The Morgan fingerprint density at radius 3 is 0.865 bits per heavy atom. The Labute approximate surface area is 554 Å². The average Bonchev–Trinajstić information content (AvgIpc) is 1.56. The van der Waals surface area contributed by atoms with E-state index >= 15 is 0 Å². The van der Waals surface area contributed by atoms with Gasteiger partial charge in [0.2, 0.25) is 0 Å². The molecule has 0 aliphatic rings. The fraction of sp³-hybridized carbons (Fsp3) is 0. The minimum atomic E-state index is 1.16. The second-order valence-corrected chi connectivity index (χ2v) is 25.1. The quantitative estimate of drug-likeness (QED) is 0.144. The van der Waals surface area contributed by atoms with Crippen LogP contribution in [-0.4, -0.2) is 18.3 Å². The van der Waals surface area contributed by atoms with Crippen LogP contribution in [0.4, 0.5) is 0 Å². The Morgan fingerprint density at radius 1 is 0.146 bits per heavy atom. The molecule has 0 aliphatic heterocycles.